The number of nitrogens with zero attached hydrogens (tertiary/aromatic N) is 4. The molecule has 1 heterocycles. The Morgan fingerprint density at radius 3 is 2.47 bits per heavy atom. The molecule has 6 heteroatoms. The Kier molecular flexibility index (Phi) is 5.73. The van der Waals surface area contributed by atoms with Gasteiger partial charge in [0.25, 0.3) is 0 Å². The average molecular weight is 411 g/mol. The van der Waals surface area contributed by atoms with E-state index in [9.17, 15) is 4.79 Å². The van der Waals surface area contributed by atoms with Crippen LogP contribution in [0.25, 0.3) is 17.1 Å². The first-order valence-electron chi connectivity index (χ1n) is 9.40. The van der Waals surface area contributed by atoms with Crippen LogP contribution in [0.5, 0.6) is 0 Å². The molecule has 0 amide bonds. The van der Waals surface area contributed by atoms with Gasteiger partial charge in [0.15, 0.2) is 16.8 Å². The molecule has 4 rings (SSSR count). The lowest BCUT2D eigenvalue weighted by Gasteiger charge is -2.10. The van der Waals surface area contributed by atoms with Crippen molar-refractivity contribution < 1.29 is 4.79 Å². The fourth-order valence-corrected chi connectivity index (χ4v) is 3.93. The molecule has 0 unspecified atom stereocenters. The summed E-state index contributed by atoms with van der Waals surface area (Å²) >= 11 is 1.35. The predicted molar refractivity (Wildman–Crippen MR) is 118 cm³/mol. The molecule has 1 aromatic heterocycles. The van der Waals surface area contributed by atoms with Crippen molar-refractivity contribution in [1.29, 1.82) is 5.26 Å². The number of Topliss-reactive ketones (excluding diaryl/α,β-unsaturated/α-hetero) is 1. The second kappa shape index (κ2) is 8.76. The van der Waals surface area contributed by atoms with Gasteiger partial charge in [0.2, 0.25) is 0 Å². The van der Waals surface area contributed by atoms with Crippen LogP contribution in [0.15, 0.2) is 84.0 Å². The third-order valence-electron chi connectivity index (χ3n) is 4.59. The number of thioether (sulfide) groups is 1. The molecular formula is C24H18N4OS. The second-order valence-electron chi connectivity index (χ2n) is 6.75. The number of carbonyl (C=O) groups is 1. The summed E-state index contributed by atoms with van der Waals surface area (Å²) in [5.41, 5.74) is 4.15. The highest BCUT2D eigenvalue weighted by Crippen LogP contribution is 2.28. The Hall–Kier alpha value is -3.69. The Labute approximate surface area is 179 Å². The number of rotatable bonds is 6. The summed E-state index contributed by atoms with van der Waals surface area (Å²) in [6.07, 6.45) is 0. The number of aromatic nitrogens is 3. The monoisotopic (exact) mass is 410 g/mol. The number of hydrogen-bond donors (Lipinski definition) is 0. The second-order valence-corrected chi connectivity index (χ2v) is 7.69. The van der Waals surface area contributed by atoms with Crippen LogP contribution >= 0.6 is 11.8 Å². The van der Waals surface area contributed by atoms with E-state index in [0.29, 0.717) is 16.3 Å². The molecule has 0 saturated heterocycles. The quantitative estimate of drug-likeness (QED) is 0.327. The van der Waals surface area contributed by atoms with Crippen molar-refractivity contribution in [2.45, 2.75) is 12.1 Å². The van der Waals surface area contributed by atoms with Crippen molar-refractivity contribution in [3.8, 4) is 23.1 Å². The summed E-state index contributed by atoms with van der Waals surface area (Å²) in [7, 11) is 0. The van der Waals surface area contributed by atoms with E-state index in [1.54, 1.807) is 24.3 Å². The molecule has 0 fully saturated rings. The largest absolute Gasteiger partial charge is 0.293 e. The standard InChI is InChI=1S/C24H18N4OS/c1-17-6-5-7-20(14-17)23-26-27-24(28(23)21-8-3-2-4-9-21)30-16-22(29)19-12-10-18(15-25)11-13-19/h2-14H,16H2,1H3. The molecule has 3 aromatic carbocycles. The maximum atomic E-state index is 12.6. The highest BCUT2D eigenvalue weighted by Gasteiger charge is 2.17. The fraction of sp³-hybridized carbons (Fsp3) is 0.0833. The first-order valence-corrected chi connectivity index (χ1v) is 10.4. The van der Waals surface area contributed by atoms with Crippen molar-refractivity contribution in [2.75, 3.05) is 5.75 Å². The van der Waals surface area contributed by atoms with Crippen LogP contribution in [0, 0.1) is 18.3 Å². The molecule has 0 aliphatic rings. The summed E-state index contributed by atoms with van der Waals surface area (Å²) in [6, 6.07) is 26.7. The molecule has 0 bridgehead atoms. The van der Waals surface area contributed by atoms with Gasteiger partial charge < -0.3 is 0 Å². The number of hydrogen-bond acceptors (Lipinski definition) is 5. The summed E-state index contributed by atoms with van der Waals surface area (Å²) in [5.74, 6) is 0.937. The summed E-state index contributed by atoms with van der Waals surface area (Å²) in [5, 5.41) is 18.4. The minimum Gasteiger partial charge on any atom is -0.293 e. The molecule has 4 aromatic rings. The van der Waals surface area contributed by atoms with Gasteiger partial charge in [0.1, 0.15) is 0 Å². The van der Waals surface area contributed by atoms with Crippen molar-refractivity contribution in [3.63, 3.8) is 0 Å². The zero-order valence-electron chi connectivity index (χ0n) is 16.3. The van der Waals surface area contributed by atoms with Gasteiger partial charge in [-0.3, -0.25) is 9.36 Å². The molecule has 0 saturated carbocycles. The Morgan fingerprint density at radius 2 is 1.77 bits per heavy atom. The predicted octanol–water partition coefficient (Wildman–Crippen LogP) is 5.09. The van der Waals surface area contributed by atoms with Gasteiger partial charge in [-0.2, -0.15) is 5.26 Å². The van der Waals surface area contributed by atoms with E-state index in [0.717, 1.165) is 22.6 Å². The average Bonchev–Trinajstić information content (AvgIpc) is 3.22. The number of aryl methyl sites for hydroxylation is 1. The van der Waals surface area contributed by atoms with Crippen molar-refractivity contribution in [3.05, 3.63) is 95.6 Å². The number of nitriles is 1. The molecular weight excluding hydrogens is 392 g/mol. The van der Waals surface area contributed by atoms with Crippen LogP contribution in [0.2, 0.25) is 0 Å². The minimum absolute atomic E-state index is 0.0239. The van der Waals surface area contributed by atoms with Gasteiger partial charge in [0, 0.05) is 16.8 Å². The fourth-order valence-electron chi connectivity index (χ4n) is 3.09. The maximum Gasteiger partial charge on any atom is 0.196 e. The number of ketones is 1. The van der Waals surface area contributed by atoms with Gasteiger partial charge in [-0.1, -0.05) is 65.9 Å². The Morgan fingerprint density at radius 1 is 1.00 bits per heavy atom. The molecule has 146 valence electrons. The highest BCUT2D eigenvalue weighted by atomic mass is 32.2. The molecule has 30 heavy (non-hydrogen) atoms. The van der Waals surface area contributed by atoms with E-state index in [-0.39, 0.29) is 11.5 Å². The van der Waals surface area contributed by atoms with E-state index in [1.807, 2.05) is 60.0 Å². The molecule has 0 radical (unpaired) electrons. The molecule has 0 aliphatic carbocycles. The van der Waals surface area contributed by atoms with Crippen LogP contribution in [0.3, 0.4) is 0 Å². The lowest BCUT2D eigenvalue weighted by atomic mass is 10.1. The van der Waals surface area contributed by atoms with Crippen LogP contribution in [0.1, 0.15) is 21.5 Å². The summed E-state index contributed by atoms with van der Waals surface area (Å²) < 4.78 is 1.98. The van der Waals surface area contributed by atoms with Crippen molar-refractivity contribution in [2.24, 2.45) is 0 Å². The summed E-state index contributed by atoms with van der Waals surface area (Å²) in [4.78, 5) is 12.6. The van der Waals surface area contributed by atoms with E-state index < -0.39 is 0 Å². The first-order chi connectivity index (χ1) is 14.7. The molecule has 0 aliphatic heterocycles. The van der Waals surface area contributed by atoms with E-state index in [1.165, 1.54) is 11.8 Å². The molecule has 0 N–H and O–H groups in total. The maximum absolute atomic E-state index is 12.6. The number of carbonyl (C=O) groups excluding carboxylic acids is 1. The van der Waals surface area contributed by atoms with E-state index >= 15 is 0 Å². The third-order valence-corrected chi connectivity index (χ3v) is 5.52. The smallest absolute Gasteiger partial charge is 0.196 e. The Bertz CT molecular complexity index is 1220. The van der Waals surface area contributed by atoms with Crippen LogP contribution < -0.4 is 0 Å². The zero-order valence-corrected chi connectivity index (χ0v) is 17.1. The summed E-state index contributed by atoms with van der Waals surface area (Å²) in [6.45, 7) is 2.04. The van der Waals surface area contributed by atoms with Gasteiger partial charge in [-0.25, -0.2) is 0 Å². The number of benzene rings is 3. The van der Waals surface area contributed by atoms with Crippen LogP contribution in [-0.4, -0.2) is 26.3 Å². The topological polar surface area (TPSA) is 71.6 Å². The van der Waals surface area contributed by atoms with Gasteiger partial charge in [-0.05, 0) is 37.3 Å². The lowest BCUT2D eigenvalue weighted by molar-refractivity contribution is 0.102. The third kappa shape index (κ3) is 4.17. The van der Waals surface area contributed by atoms with Crippen molar-refractivity contribution >= 4 is 17.5 Å². The van der Waals surface area contributed by atoms with E-state index in [2.05, 4.69) is 22.3 Å². The molecule has 5 nitrogen and oxygen atoms in total. The van der Waals surface area contributed by atoms with E-state index in [4.69, 9.17) is 5.26 Å². The van der Waals surface area contributed by atoms with Gasteiger partial charge in [-0.15, -0.1) is 10.2 Å². The molecule has 0 spiro atoms. The zero-order chi connectivity index (χ0) is 20.9. The minimum atomic E-state index is -0.0239. The van der Waals surface area contributed by atoms with Crippen LogP contribution in [0.4, 0.5) is 0 Å². The van der Waals surface area contributed by atoms with Gasteiger partial charge >= 0.3 is 0 Å². The molecule has 0 atom stereocenters. The lowest BCUT2D eigenvalue weighted by Crippen LogP contribution is -2.05. The normalized spacial score (nSPS) is 10.5. The van der Waals surface area contributed by atoms with Crippen LogP contribution in [-0.2, 0) is 0 Å². The van der Waals surface area contributed by atoms with Gasteiger partial charge in [0.05, 0.1) is 17.4 Å². The van der Waals surface area contributed by atoms with Crippen molar-refractivity contribution in [1.82, 2.24) is 14.8 Å². The Balaban J connectivity index is 1.64. The number of para-hydroxylation sites is 1. The first kappa shape index (κ1) is 19.6. The SMILES string of the molecule is Cc1cccc(-c2nnc(SCC(=O)c3ccc(C#N)cc3)n2-c2ccccc2)c1. The highest BCUT2D eigenvalue weighted by molar-refractivity contribution is 7.99.